The van der Waals surface area contributed by atoms with Crippen LogP contribution in [0, 0.1) is 13.8 Å². The summed E-state index contributed by atoms with van der Waals surface area (Å²) in [6.07, 6.45) is 0. The maximum absolute atomic E-state index is 5.44. The molecule has 1 heterocycles. The fourth-order valence-electron chi connectivity index (χ4n) is 1.61. The SMILES string of the molecule is CCSc1nnc(Nc2cc(C)cc(C)c2)o1. The van der Waals surface area contributed by atoms with Crippen LogP contribution in [0.15, 0.2) is 27.8 Å². The third-order valence-corrected chi connectivity index (χ3v) is 2.85. The molecule has 0 aliphatic rings. The summed E-state index contributed by atoms with van der Waals surface area (Å²) in [5.74, 6) is 0.922. The molecule has 0 bridgehead atoms. The first-order valence-electron chi connectivity index (χ1n) is 5.49. The number of hydrogen-bond acceptors (Lipinski definition) is 5. The molecular weight excluding hydrogens is 234 g/mol. The van der Waals surface area contributed by atoms with Crippen LogP contribution in [0.3, 0.4) is 0 Å². The van der Waals surface area contributed by atoms with Crippen molar-refractivity contribution in [2.75, 3.05) is 11.1 Å². The van der Waals surface area contributed by atoms with Crippen LogP contribution in [0.4, 0.5) is 11.7 Å². The van der Waals surface area contributed by atoms with Crippen LogP contribution in [-0.4, -0.2) is 16.0 Å². The van der Waals surface area contributed by atoms with Crippen molar-refractivity contribution in [2.24, 2.45) is 0 Å². The van der Waals surface area contributed by atoms with E-state index in [9.17, 15) is 0 Å². The van der Waals surface area contributed by atoms with Gasteiger partial charge >= 0.3 is 6.01 Å². The molecule has 90 valence electrons. The Morgan fingerprint density at radius 2 is 1.88 bits per heavy atom. The molecule has 1 N–H and O–H groups in total. The van der Waals surface area contributed by atoms with E-state index in [0.717, 1.165) is 11.4 Å². The predicted molar refractivity (Wildman–Crippen MR) is 69.9 cm³/mol. The molecule has 4 nitrogen and oxygen atoms in total. The summed E-state index contributed by atoms with van der Waals surface area (Å²) in [5.41, 5.74) is 3.38. The highest BCUT2D eigenvalue weighted by Crippen LogP contribution is 2.22. The van der Waals surface area contributed by atoms with E-state index in [4.69, 9.17) is 4.42 Å². The van der Waals surface area contributed by atoms with E-state index in [2.05, 4.69) is 35.4 Å². The molecule has 0 fully saturated rings. The Labute approximate surface area is 105 Å². The number of anilines is 2. The molecule has 0 atom stereocenters. The van der Waals surface area contributed by atoms with Crippen LogP contribution in [0.1, 0.15) is 18.1 Å². The average molecular weight is 249 g/mol. The molecule has 0 unspecified atom stereocenters. The van der Waals surface area contributed by atoms with E-state index >= 15 is 0 Å². The lowest BCUT2D eigenvalue weighted by molar-refractivity contribution is 0.469. The standard InChI is InChI=1S/C12H15N3OS/c1-4-17-12-15-14-11(16-12)13-10-6-8(2)5-9(3)7-10/h5-7H,4H2,1-3H3,(H,13,14). The Morgan fingerprint density at radius 3 is 2.53 bits per heavy atom. The molecule has 0 amide bonds. The van der Waals surface area contributed by atoms with Gasteiger partial charge in [0.1, 0.15) is 0 Å². The zero-order valence-corrected chi connectivity index (χ0v) is 11.0. The van der Waals surface area contributed by atoms with E-state index in [0.29, 0.717) is 11.2 Å². The Balaban J connectivity index is 2.13. The monoisotopic (exact) mass is 249 g/mol. The number of nitrogens with zero attached hydrogens (tertiary/aromatic N) is 2. The van der Waals surface area contributed by atoms with E-state index in [1.165, 1.54) is 22.9 Å². The maximum Gasteiger partial charge on any atom is 0.320 e. The number of hydrogen-bond donors (Lipinski definition) is 1. The van der Waals surface area contributed by atoms with Crippen LogP contribution in [-0.2, 0) is 0 Å². The molecule has 1 aromatic carbocycles. The summed E-state index contributed by atoms with van der Waals surface area (Å²) in [6, 6.07) is 6.65. The second-order valence-electron chi connectivity index (χ2n) is 3.81. The first kappa shape index (κ1) is 12.0. The summed E-state index contributed by atoms with van der Waals surface area (Å²) in [5, 5.41) is 11.6. The summed E-state index contributed by atoms with van der Waals surface area (Å²) in [4.78, 5) is 0. The fourth-order valence-corrected chi connectivity index (χ4v) is 2.10. The van der Waals surface area contributed by atoms with Gasteiger partial charge < -0.3 is 9.73 Å². The number of aryl methyl sites for hydroxylation is 2. The number of benzene rings is 1. The smallest absolute Gasteiger partial charge is 0.320 e. The summed E-state index contributed by atoms with van der Waals surface area (Å²) < 4.78 is 5.44. The highest BCUT2D eigenvalue weighted by molar-refractivity contribution is 7.99. The molecule has 0 spiro atoms. The lowest BCUT2D eigenvalue weighted by atomic mass is 10.1. The van der Waals surface area contributed by atoms with Gasteiger partial charge in [0, 0.05) is 5.69 Å². The van der Waals surface area contributed by atoms with E-state index in [1.54, 1.807) is 0 Å². The maximum atomic E-state index is 5.44. The largest absolute Gasteiger partial charge is 0.398 e. The lowest BCUT2D eigenvalue weighted by Gasteiger charge is -2.04. The highest BCUT2D eigenvalue weighted by Gasteiger charge is 2.06. The van der Waals surface area contributed by atoms with Gasteiger partial charge in [0.25, 0.3) is 5.22 Å². The molecular formula is C12H15N3OS. The van der Waals surface area contributed by atoms with Crippen LogP contribution >= 0.6 is 11.8 Å². The van der Waals surface area contributed by atoms with Crippen molar-refractivity contribution < 1.29 is 4.42 Å². The molecule has 5 heteroatoms. The molecule has 17 heavy (non-hydrogen) atoms. The quantitative estimate of drug-likeness (QED) is 0.840. The number of aromatic nitrogens is 2. The van der Waals surface area contributed by atoms with Gasteiger partial charge in [-0.2, -0.15) is 0 Å². The molecule has 0 aliphatic heterocycles. The van der Waals surface area contributed by atoms with Crippen LogP contribution in [0.5, 0.6) is 0 Å². The third-order valence-electron chi connectivity index (χ3n) is 2.15. The minimum atomic E-state index is 0.436. The second kappa shape index (κ2) is 5.23. The van der Waals surface area contributed by atoms with Crippen LogP contribution in [0.25, 0.3) is 0 Å². The predicted octanol–water partition coefficient (Wildman–Crippen LogP) is 3.54. The summed E-state index contributed by atoms with van der Waals surface area (Å²) in [7, 11) is 0. The van der Waals surface area contributed by atoms with Gasteiger partial charge in [-0.15, -0.1) is 0 Å². The lowest BCUT2D eigenvalue weighted by Crippen LogP contribution is -1.91. The van der Waals surface area contributed by atoms with Gasteiger partial charge in [-0.05, 0) is 42.9 Å². The van der Waals surface area contributed by atoms with Gasteiger partial charge in [0.15, 0.2) is 0 Å². The van der Waals surface area contributed by atoms with Crippen molar-refractivity contribution in [1.82, 2.24) is 10.2 Å². The highest BCUT2D eigenvalue weighted by atomic mass is 32.2. The van der Waals surface area contributed by atoms with Crippen molar-refractivity contribution in [3.05, 3.63) is 29.3 Å². The van der Waals surface area contributed by atoms with Crippen molar-refractivity contribution >= 4 is 23.5 Å². The van der Waals surface area contributed by atoms with Crippen molar-refractivity contribution in [1.29, 1.82) is 0 Å². The van der Waals surface area contributed by atoms with Gasteiger partial charge in [-0.25, -0.2) is 0 Å². The summed E-state index contributed by atoms with van der Waals surface area (Å²) in [6.45, 7) is 6.17. The Bertz CT molecular complexity index is 490. The molecule has 0 saturated heterocycles. The molecule has 0 saturated carbocycles. The van der Waals surface area contributed by atoms with E-state index in [1.807, 2.05) is 19.1 Å². The zero-order valence-electron chi connectivity index (χ0n) is 10.2. The summed E-state index contributed by atoms with van der Waals surface area (Å²) >= 11 is 1.53. The van der Waals surface area contributed by atoms with E-state index < -0.39 is 0 Å². The minimum absolute atomic E-state index is 0.436. The van der Waals surface area contributed by atoms with E-state index in [-0.39, 0.29) is 0 Å². The van der Waals surface area contributed by atoms with Gasteiger partial charge in [-0.3, -0.25) is 0 Å². The van der Waals surface area contributed by atoms with Gasteiger partial charge in [0.05, 0.1) is 0 Å². The zero-order chi connectivity index (χ0) is 12.3. The number of rotatable bonds is 4. The number of thioether (sulfide) groups is 1. The van der Waals surface area contributed by atoms with Gasteiger partial charge in [0.2, 0.25) is 0 Å². The third kappa shape index (κ3) is 3.23. The van der Waals surface area contributed by atoms with Crippen LogP contribution in [0.2, 0.25) is 0 Å². The Morgan fingerprint density at radius 1 is 1.18 bits per heavy atom. The normalized spacial score (nSPS) is 10.5. The first-order valence-corrected chi connectivity index (χ1v) is 6.47. The molecule has 1 aromatic heterocycles. The minimum Gasteiger partial charge on any atom is -0.398 e. The first-order chi connectivity index (χ1) is 8.17. The van der Waals surface area contributed by atoms with Crippen molar-refractivity contribution in [3.8, 4) is 0 Å². The number of nitrogens with one attached hydrogen (secondary N) is 1. The van der Waals surface area contributed by atoms with Crippen molar-refractivity contribution in [2.45, 2.75) is 26.0 Å². The molecule has 0 aliphatic carbocycles. The second-order valence-corrected chi connectivity index (χ2v) is 5.02. The molecule has 2 rings (SSSR count). The topological polar surface area (TPSA) is 51.0 Å². The molecule has 2 aromatic rings. The Kier molecular flexibility index (Phi) is 3.68. The van der Waals surface area contributed by atoms with Gasteiger partial charge in [-0.1, -0.05) is 34.9 Å². The average Bonchev–Trinajstić information content (AvgIpc) is 2.64. The van der Waals surface area contributed by atoms with Crippen LogP contribution < -0.4 is 5.32 Å². The van der Waals surface area contributed by atoms with Crippen molar-refractivity contribution in [3.63, 3.8) is 0 Å². The Hall–Kier alpha value is -1.49. The fraction of sp³-hybridized carbons (Fsp3) is 0.333. The molecule has 0 radical (unpaired) electrons.